The lowest BCUT2D eigenvalue weighted by molar-refractivity contribution is 0.0567. The van der Waals surface area contributed by atoms with Gasteiger partial charge in [0.1, 0.15) is 18.4 Å². The van der Waals surface area contributed by atoms with Gasteiger partial charge in [-0.2, -0.15) is 0 Å². The molecule has 0 spiro atoms. The molecule has 0 aliphatic carbocycles. The fourth-order valence-electron chi connectivity index (χ4n) is 1.71. The number of nitrogens with one attached hydrogen (secondary N) is 2. The number of amides is 2. The summed E-state index contributed by atoms with van der Waals surface area (Å²) >= 11 is 0. The molecule has 19 heavy (non-hydrogen) atoms. The van der Waals surface area contributed by atoms with Gasteiger partial charge in [0, 0.05) is 0 Å². The maximum absolute atomic E-state index is 11.6. The summed E-state index contributed by atoms with van der Waals surface area (Å²) in [5.74, 6) is 0. The zero-order valence-corrected chi connectivity index (χ0v) is 10.8. The molecular weight excluding hydrogens is 248 g/mol. The van der Waals surface area contributed by atoms with Crippen LogP contribution in [0.4, 0.5) is 9.59 Å². The maximum Gasteiger partial charge on any atom is 0.409 e. The predicted octanol–water partition coefficient (Wildman–Crippen LogP) is 1.76. The van der Waals surface area contributed by atoms with E-state index in [-0.39, 0.29) is 6.61 Å². The lowest BCUT2D eigenvalue weighted by Crippen LogP contribution is -2.52. The van der Waals surface area contributed by atoms with Crippen molar-refractivity contribution in [1.29, 1.82) is 0 Å². The van der Waals surface area contributed by atoms with Crippen LogP contribution in [0.3, 0.4) is 0 Å². The van der Waals surface area contributed by atoms with Crippen molar-refractivity contribution in [3.05, 3.63) is 35.9 Å². The lowest BCUT2D eigenvalue weighted by atomic mass is 10.1. The minimum absolute atomic E-state index is 0.175. The first-order valence-electron chi connectivity index (χ1n) is 5.94. The molecule has 0 saturated carbocycles. The van der Waals surface area contributed by atoms with Crippen LogP contribution in [0.1, 0.15) is 19.4 Å². The Labute approximate surface area is 111 Å². The van der Waals surface area contributed by atoms with Crippen LogP contribution in [0.5, 0.6) is 0 Å². The van der Waals surface area contributed by atoms with Crippen molar-refractivity contribution < 1.29 is 19.1 Å². The van der Waals surface area contributed by atoms with Crippen molar-refractivity contribution in [3.63, 3.8) is 0 Å². The van der Waals surface area contributed by atoms with Gasteiger partial charge in [-0.3, -0.25) is 10.6 Å². The number of carbonyl (C=O) groups excluding carboxylic acids is 2. The molecule has 1 aromatic rings. The standard InChI is InChI=1S/C13H16N2O4/c1-13(2)10(15-12(17)19-13)14-11(16)18-8-9-6-4-3-5-7-9/h3-7,10H,8H2,1-2H3,(H,14,16)(H,15,17). The molecule has 2 N–H and O–H groups in total. The smallest absolute Gasteiger partial charge is 0.409 e. The van der Waals surface area contributed by atoms with Gasteiger partial charge < -0.3 is 9.47 Å². The third-order valence-corrected chi connectivity index (χ3v) is 2.79. The van der Waals surface area contributed by atoms with E-state index >= 15 is 0 Å². The summed E-state index contributed by atoms with van der Waals surface area (Å²) in [7, 11) is 0. The first-order valence-corrected chi connectivity index (χ1v) is 5.94. The molecule has 102 valence electrons. The Balaban J connectivity index is 1.83. The number of hydrogen-bond donors (Lipinski definition) is 2. The van der Waals surface area contributed by atoms with E-state index in [4.69, 9.17) is 9.47 Å². The Morgan fingerprint density at radius 2 is 2.11 bits per heavy atom. The third kappa shape index (κ3) is 3.37. The predicted molar refractivity (Wildman–Crippen MR) is 67.2 cm³/mol. The largest absolute Gasteiger partial charge is 0.445 e. The highest BCUT2D eigenvalue weighted by atomic mass is 16.6. The fourth-order valence-corrected chi connectivity index (χ4v) is 1.71. The van der Waals surface area contributed by atoms with Gasteiger partial charge in [-0.05, 0) is 19.4 Å². The summed E-state index contributed by atoms with van der Waals surface area (Å²) in [5, 5.41) is 5.05. The molecule has 1 aliphatic rings. The summed E-state index contributed by atoms with van der Waals surface area (Å²) in [4.78, 5) is 22.7. The molecule has 1 aliphatic heterocycles. The van der Waals surface area contributed by atoms with Crippen molar-refractivity contribution >= 4 is 12.2 Å². The lowest BCUT2D eigenvalue weighted by Gasteiger charge is -2.23. The minimum atomic E-state index is -0.803. The number of carbonyl (C=O) groups is 2. The second-order valence-corrected chi connectivity index (χ2v) is 4.78. The Kier molecular flexibility index (Phi) is 3.59. The molecule has 6 nitrogen and oxygen atoms in total. The number of cyclic esters (lactones) is 1. The highest BCUT2D eigenvalue weighted by Crippen LogP contribution is 2.19. The van der Waals surface area contributed by atoms with Crippen LogP contribution in [-0.4, -0.2) is 24.0 Å². The molecule has 1 fully saturated rings. The second kappa shape index (κ2) is 5.17. The van der Waals surface area contributed by atoms with E-state index in [1.54, 1.807) is 13.8 Å². The van der Waals surface area contributed by atoms with E-state index in [1.807, 2.05) is 30.3 Å². The van der Waals surface area contributed by atoms with Crippen molar-refractivity contribution in [3.8, 4) is 0 Å². The number of hydrogen-bond acceptors (Lipinski definition) is 4. The van der Waals surface area contributed by atoms with Crippen molar-refractivity contribution in [2.45, 2.75) is 32.2 Å². The number of benzene rings is 1. The SMILES string of the molecule is CC1(C)OC(=O)NC1NC(=O)OCc1ccccc1. The zero-order chi connectivity index (χ0) is 13.9. The van der Waals surface area contributed by atoms with Crippen LogP contribution in [0.25, 0.3) is 0 Å². The minimum Gasteiger partial charge on any atom is -0.445 e. The average molecular weight is 264 g/mol. The zero-order valence-electron chi connectivity index (χ0n) is 10.8. The molecule has 0 radical (unpaired) electrons. The van der Waals surface area contributed by atoms with Crippen LogP contribution in [-0.2, 0) is 16.1 Å². The van der Waals surface area contributed by atoms with Gasteiger partial charge in [0.2, 0.25) is 0 Å². The molecule has 6 heteroatoms. The normalized spacial score (nSPS) is 20.3. The van der Waals surface area contributed by atoms with Gasteiger partial charge in [0.25, 0.3) is 0 Å². The van der Waals surface area contributed by atoms with E-state index < -0.39 is 24.0 Å². The van der Waals surface area contributed by atoms with E-state index in [0.717, 1.165) is 5.56 Å². The molecule has 1 heterocycles. The first-order chi connectivity index (χ1) is 8.97. The van der Waals surface area contributed by atoms with Crippen molar-refractivity contribution in [1.82, 2.24) is 10.6 Å². The van der Waals surface area contributed by atoms with E-state index in [0.29, 0.717) is 0 Å². The van der Waals surface area contributed by atoms with Gasteiger partial charge in [0.15, 0.2) is 0 Å². The van der Waals surface area contributed by atoms with Crippen LogP contribution in [0, 0.1) is 0 Å². The van der Waals surface area contributed by atoms with Gasteiger partial charge in [-0.1, -0.05) is 30.3 Å². The first kappa shape index (κ1) is 13.2. The summed E-state index contributed by atoms with van der Waals surface area (Å²) in [6.07, 6.45) is -1.77. The fraction of sp³-hybridized carbons (Fsp3) is 0.385. The Bertz CT molecular complexity index is 473. The second-order valence-electron chi connectivity index (χ2n) is 4.78. The van der Waals surface area contributed by atoms with E-state index in [9.17, 15) is 9.59 Å². The van der Waals surface area contributed by atoms with Gasteiger partial charge in [0.05, 0.1) is 0 Å². The third-order valence-electron chi connectivity index (χ3n) is 2.79. The van der Waals surface area contributed by atoms with Crippen LogP contribution < -0.4 is 10.6 Å². The Morgan fingerprint density at radius 3 is 2.68 bits per heavy atom. The van der Waals surface area contributed by atoms with Gasteiger partial charge in [-0.25, -0.2) is 9.59 Å². The summed E-state index contributed by atoms with van der Waals surface area (Å²) in [6, 6.07) is 9.34. The van der Waals surface area contributed by atoms with Crippen molar-refractivity contribution in [2.24, 2.45) is 0 Å². The highest BCUT2D eigenvalue weighted by Gasteiger charge is 2.42. The number of rotatable bonds is 3. The summed E-state index contributed by atoms with van der Waals surface area (Å²) in [5.41, 5.74) is 0.0895. The van der Waals surface area contributed by atoms with Gasteiger partial charge in [-0.15, -0.1) is 0 Å². The number of alkyl carbamates (subject to hydrolysis) is 2. The molecule has 1 atom stereocenters. The molecule has 0 aromatic heterocycles. The summed E-state index contributed by atoms with van der Waals surface area (Å²) < 4.78 is 10.1. The quantitative estimate of drug-likeness (QED) is 0.872. The summed E-state index contributed by atoms with van der Waals surface area (Å²) in [6.45, 7) is 3.58. The van der Waals surface area contributed by atoms with Crippen LogP contribution in [0.2, 0.25) is 0 Å². The highest BCUT2D eigenvalue weighted by molar-refractivity contribution is 5.74. The topological polar surface area (TPSA) is 76.7 Å². The molecular formula is C13H16N2O4. The monoisotopic (exact) mass is 264 g/mol. The Morgan fingerprint density at radius 1 is 1.42 bits per heavy atom. The molecule has 2 amide bonds. The van der Waals surface area contributed by atoms with Crippen molar-refractivity contribution in [2.75, 3.05) is 0 Å². The molecule has 1 unspecified atom stereocenters. The van der Waals surface area contributed by atoms with Crippen LogP contribution in [0.15, 0.2) is 30.3 Å². The number of ether oxygens (including phenoxy) is 2. The molecule has 1 saturated heterocycles. The molecule has 0 bridgehead atoms. The Hall–Kier alpha value is -2.24. The van der Waals surface area contributed by atoms with Crippen LogP contribution >= 0.6 is 0 Å². The van der Waals surface area contributed by atoms with Gasteiger partial charge >= 0.3 is 12.2 Å². The average Bonchev–Trinajstić information content (AvgIpc) is 2.61. The maximum atomic E-state index is 11.6. The van der Waals surface area contributed by atoms with E-state index in [1.165, 1.54) is 0 Å². The molecule has 2 rings (SSSR count). The molecule has 1 aromatic carbocycles. The van der Waals surface area contributed by atoms with E-state index in [2.05, 4.69) is 10.6 Å².